The van der Waals surface area contributed by atoms with Crippen LogP contribution in [0.3, 0.4) is 0 Å². The van der Waals surface area contributed by atoms with E-state index in [1.165, 1.54) is 20.6 Å². The van der Waals surface area contributed by atoms with Crippen molar-refractivity contribution in [2.45, 2.75) is 25.7 Å². The van der Waals surface area contributed by atoms with Crippen LogP contribution in [0.25, 0.3) is 10.8 Å². The molecule has 0 unspecified atom stereocenters. The topological polar surface area (TPSA) is 66.5 Å². The first kappa shape index (κ1) is 20.4. The van der Waals surface area contributed by atoms with E-state index in [4.69, 9.17) is 0 Å². The fraction of sp³-hybridized carbons (Fsp3) is 0.292. The van der Waals surface area contributed by atoms with Crippen LogP contribution < -0.4 is 9.62 Å². The summed E-state index contributed by atoms with van der Waals surface area (Å²) in [5.74, 6) is -0.0124. The number of nitrogens with one attached hydrogen (secondary N) is 1. The molecule has 1 aliphatic heterocycles. The molecule has 3 aromatic carbocycles. The van der Waals surface area contributed by atoms with Crippen LogP contribution in [0.1, 0.15) is 35.2 Å². The minimum absolute atomic E-state index is 0.164. The highest BCUT2D eigenvalue weighted by Gasteiger charge is 2.26. The maximum Gasteiger partial charge on any atom is 0.251 e. The van der Waals surface area contributed by atoms with Crippen LogP contribution in [-0.4, -0.2) is 33.2 Å². The molecule has 30 heavy (non-hydrogen) atoms. The van der Waals surface area contributed by atoms with E-state index in [9.17, 15) is 13.2 Å². The highest BCUT2D eigenvalue weighted by molar-refractivity contribution is 7.92. The van der Waals surface area contributed by atoms with Crippen molar-refractivity contribution in [3.63, 3.8) is 0 Å². The number of hydrogen-bond acceptors (Lipinski definition) is 3. The van der Waals surface area contributed by atoms with Gasteiger partial charge in [0.1, 0.15) is 0 Å². The summed E-state index contributed by atoms with van der Waals surface area (Å²) in [6.07, 6.45) is 3.24. The van der Waals surface area contributed by atoms with Gasteiger partial charge in [-0.25, -0.2) is 8.42 Å². The highest BCUT2D eigenvalue weighted by atomic mass is 32.2. The number of benzene rings is 3. The van der Waals surface area contributed by atoms with Crippen LogP contribution in [0, 0.1) is 0 Å². The molecule has 156 valence electrons. The Hall–Kier alpha value is -2.86. The number of sulfonamides is 1. The summed E-state index contributed by atoms with van der Waals surface area (Å²) in [7, 11) is -3.29. The van der Waals surface area contributed by atoms with Gasteiger partial charge in [-0.1, -0.05) is 48.5 Å². The second kappa shape index (κ2) is 8.88. The number of rotatable bonds is 6. The molecule has 1 saturated heterocycles. The van der Waals surface area contributed by atoms with Gasteiger partial charge in [-0.15, -0.1) is 0 Å². The van der Waals surface area contributed by atoms with Gasteiger partial charge in [0, 0.05) is 18.7 Å². The van der Waals surface area contributed by atoms with Crippen molar-refractivity contribution in [3.05, 3.63) is 77.9 Å². The summed E-state index contributed by atoms with van der Waals surface area (Å²) in [5.41, 5.74) is 2.33. The second-order valence-electron chi connectivity index (χ2n) is 7.64. The molecule has 1 fully saturated rings. The molecular formula is C24H26N2O3S. The number of fused-ring (bicyclic) bond motifs is 1. The third kappa shape index (κ3) is 4.49. The predicted octanol–water partition coefficient (Wildman–Crippen LogP) is 4.13. The van der Waals surface area contributed by atoms with Crippen LogP contribution in [0.2, 0.25) is 0 Å². The third-order valence-corrected chi connectivity index (χ3v) is 7.40. The van der Waals surface area contributed by atoms with Crippen molar-refractivity contribution in [3.8, 4) is 0 Å². The van der Waals surface area contributed by atoms with E-state index in [0.717, 1.165) is 19.3 Å². The normalized spacial score (nSPS) is 15.8. The largest absolute Gasteiger partial charge is 0.352 e. The standard InChI is InChI=1S/C24H26N2O3S/c27-24(21-11-6-13-22(18-21)26-16-3-4-17-30(26,28)29)25-15-7-12-20-10-5-9-19-8-1-2-14-23(19)20/h1-2,5-6,8-11,13-14,18H,3-4,7,12,15-17H2,(H,25,27). The van der Waals surface area contributed by atoms with Gasteiger partial charge in [0.05, 0.1) is 11.4 Å². The monoisotopic (exact) mass is 422 g/mol. The Morgan fingerprint density at radius 3 is 2.63 bits per heavy atom. The Bertz CT molecular complexity index is 1150. The SMILES string of the molecule is O=C(NCCCc1cccc2ccccc12)c1cccc(N2CCCCS2(=O)=O)c1. The number of carbonyl (C=O) groups excluding carboxylic acids is 1. The van der Waals surface area contributed by atoms with Gasteiger partial charge < -0.3 is 5.32 Å². The molecule has 1 heterocycles. The van der Waals surface area contributed by atoms with E-state index in [1.54, 1.807) is 24.3 Å². The molecule has 4 rings (SSSR count). The minimum atomic E-state index is -3.29. The van der Waals surface area contributed by atoms with E-state index in [0.29, 0.717) is 30.8 Å². The summed E-state index contributed by atoms with van der Waals surface area (Å²) in [6.45, 7) is 1.03. The molecule has 6 heteroatoms. The lowest BCUT2D eigenvalue weighted by atomic mass is 10.0. The fourth-order valence-electron chi connectivity index (χ4n) is 3.97. The van der Waals surface area contributed by atoms with E-state index in [1.807, 2.05) is 12.1 Å². The average Bonchev–Trinajstić information content (AvgIpc) is 2.76. The highest BCUT2D eigenvalue weighted by Crippen LogP contribution is 2.24. The van der Waals surface area contributed by atoms with E-state index < -0.39 is 10.0 Å². The summed E-state index contributed by atoms with van der Waals surface area (Å²) < 4.78 is 26.1. The molecule has 3 aromatic rings. The lowest BCUT2D eigenvalue weighted by molar-refractivity contribution is 0.0953. The maximum atomic E-state index is 12.6. The van der Waals surface area contributed by atoms with Crippen LogP contribution in [0.5, 0.6) is 0 Å². The van der Waals surface area contributed by atoms with Gasteiger partial charge in [0.25, 0.3) is 5.91 Å². The molecule has 0 saturated carbocycles. The number of carbonyl (C=O) groups is 1. The quantitative estimate of drug-likeness (QED) is 0.608. The van der Waals surface area contributed by atoms with Crippen molar-refractivity contribution in [2.24, 2.45) is 0 Å². The van der Waals surface area contributed by atoms with Crippen molar-refractivity contribution in [2.75, 3.05) is 23.1 Å². The van der Waals surface area contributed by atoms with Crippen LogP contribution in [0.15, 0.2) is 66.7 Å². The lowest BCUT2D eigenvalue weighted by Gasteiger charge is -2.28. The Morgan fingerprint density at radius 2 is 1.77 bits per heavy atom. The molecule has 1 amide bonds. The summed E-state index contributed by atoms with van der Waals surface area (Å²) >= 11 is 0. The maximum absolute atomic E-state index is 12.6. The zero-order valence-corrected chi connectivity index (χ0v) is 17.7. The van der Waals surface area contributed by atoms with Crippen LogP contribution in [-0.2, 0) is 16.4 Å². The molecule has 0 aliphatic carbocycles. The van der Waals surface area contributed by atoms with E-state index >= 15 is 0 Å². The van der Waals surface area contributed by atoms with Gasteiger partial charge in [0.2, 0.25) is 10.0 Å². The first-order chi connectivity index (χ1) is 14.5. The first-order valence-corrected chi connectivity index (χ1v) is 12.0. The average molecular weight is 423 g/mol. The van der Waals surface area contributed by atoms with Gasteiger partial charge in [0.15, 0.2) is 0 Å². The Morgan fingerprint density at radius 1 is 0.967 bits per heavy atom. The molecule has 0 radical (unpaired) electrons. The molecule has 1 aliphatic rings. The Kier molecular flexibility index (Phi) is 6.04. The molecule has 0 spiro atoms. The summed E-state index contributed by atoms with van der Waals surface area (Å²) in [6, 6.07) is 21.5. The van der Waals surface area contributed by atoms with Gasteiger partial charge in [-0.2, -0.15) is 0 Å². The minimum Gasteiger partial charge on any atom is -0.352 e. The van der Waals surface area contributed by atoms with E-state index in [-0.39, 0.29) is 11.7 Å². The lowest BCUT2D eigenvalue weighted by Crippen LogP contribution is -2.38. The molecular weight excluding hydrogens is 396 g/mol. The smallest absolute Gasteiger partial charge is 0.251 e. The molecule has 0 atom stereocenters. The van der Waals surface area contributed by atoms with Gasteiger partial charge in [-0.05, 0) is 60.2 Å². The second-order valence-corrected chi connectivity index (χ2v) is 9.66. The van der Waals surface area contributed by atoms with Crippen molar-refractivity contribution >= 4 is 32.4 Å². The zero-order chi connectivity index (χ0) is 21.0. The number of aryl methyl sites for hydroxylation is 1. The first-order valence-electron chi connectivity index (χ1n) is 10.4. The molecule has 1 N–H and O–H groups in total. The number of anilines is 1. The van der Waals surface area contributed by atoms with Crippen LogP contribution in [0.4, 0.5) is 5.69 Å². The summed E-state index contributed by atoms with van der Waals surface area (Å²) in [4.78, 5) is 12.6. The van der Waals surface area contributed by atoms with Crippen molar-refractivity contribution in [1.29, 1.82) is 0 Å². The van der Waals surface area contributed by atoms with Gasteiger partial charge >= 0.3 is 0 Å². The number of hydrogen-bond donors (Lipinski definition) is 1. The molecule has 0 aromatic heterocycles. The number of nitrogens with zero attached hydrogens (tertiary/aromatic N) is 1. The molecule has 5 nitrogen and oxygen atoms in total. The van der Waals surface area contributed by atoms with Gasteiger partial charge in [-0.3, -0.25) is 9.10 Å². The Labute approximate surface area is 177 Å². The van der Waals surface area contributed by atoms with Crippen molar-refractivity contribution < 1.29 is 13.2 Å². The van der Waals surface area contributed by atoms with Crippen molar-refractivity contribution in [1.82, 2.24) is 5.32 Å². The fourth-order valence-corrected chi connectivity index (χ4v) is 5.61. The molecule has 0 bridgehead atoms. The number of amides is 1. The van der Waals surface area contributed by atoms with E-state index in [2.05, 4.69) is 35.6 Å². The third-order valence-electron chi connectivity index (χ3n) is 5.53. The predicted molar refractivity (Wildman–Crippen MR) is 121 cm³/mol. The Balaban J connectivity index is 1.36. The van der Waals surface area contributed by atoms with Crippen LogP contribution >= 0.6 is 0 Å². The summed E-state index contributed by atoms with van der Waals surface area (Å²) in [5, 5.41) is 5.44. The zero-order valence-electron chi connectivity index (χ0n) is 16.9.